The van der Waals surface area contributed by atoms with E-state index in [0.29, 0.717) is 17.8 Å². The van der Waals surface area contributed by atoms with Crippen molar-refractivity contribution in [3.8, 4) is 5.75 Å². The Morgan fingerprint density at radius 1 is 1.14 bits per heavy atom. The zero-order valence-electron chi connectivity index (χ0n) is 15.9. The maximum Gasteiger partial charge on any atom is 0.387 e. The number of hydrogen-bond donors (Lipinski definition) is 1. The molecule has 0 aromatic heterocycles. The molecule has 1 N–H and O–H groups in total. The fourth-order valence-corrected chi connectivity index (χ4v) is 2.58. The number of likely N-dealkylation sites (N-methyl/N-ethyl adjacent to an activating group) is 1. The molecule has 0 saturated carbocycles. The number of rotatable bonds is 8. The van der Waals surface area contributed by atoms with Gasteiger partial charge in [-0.25, -0.2) is 4.79 Å². The van der Waals surface area contributed by atoms with Gasteiger partial charge in [0.15, 0.2) is 0 Å². The minimum absolute atomic E-state index is 0.0834. The van der Waals surface area contributed by atoms with Crippen molar-refractivity contribution in [2.75, 3.05) is 26.0 Å². The van der Waals surface area contributed by atoms with Crippen LogP contribution < -0.4 is 10.1 Å². The Labute approximate surface area is 162 Å². The van der Waals surface area contributed by atoms with E-state index in [1.165, 1.54) is 19.2 Å². The number of carbonyl (C=O) groups is 2. The van der Waals surface area contributed by atoms with Crippen LogP contribution in [-0.2, 0) is 16.1 Å². The number of carbonyl (C=O) groups excluding carboxylic acids is 2. The van der Waals surface area contributed by atoms with E-state index in [0.717, 1.165) is 11.1 Å². The third-order valence-electron chi connectivity index (χ3n) is 3.95. The molecular formula is C20H22F2N2O4. The Bertz CT molecular complexity index is 825. The van der Waals surface area contributed by atoms with Crippen LogP contribution in [-0.4, -0.2) is 44.1 Å². The SMILES string of the molecule is COC(=O)c1ccc(C)c(NC(=O)CN(C)Cc2ccc(OC(F)F)cc2)c1. The van der Waals surface area contributed by atoms with Crippen LogP contribution in [0.2, 0.25) is 0 Å². The molecule has 1 amide bonds. The standard InChI is InChI=1S/C20H22F2N2O4/c1-13-4-7-15(19(26)27-3)10-17(13)23-18(25)12-24(2)11-14-5-8-16(9-6-14)28-20(21)22/h4-10,20H,11-12H2,1-3H3,(H,23,25). The predicted octanol–water partition coefficient (Wildman–Crippen LogP) is 3.45. The summed E-state index contributed by atoms with van der Waals surface area (Å²) >= 11 is 0. The minimum Gasteiger partial charge on any atom is -0.465 e. The zero-order valence-corrected chi connectivity index (χ0v) is 15.9. The van der Waals surface area contributed by atoms with Crippen molar-refractivity contribution in [3.63, 3.8) is 0 Å². The summed E-state index contributed by atoms with van der Waals surface area (Å²) in [5.74, 6) is -0.641. The van der Waals surface area contributed by atoms with Gasteiger partial charge in [-0.15, -0.1) is 0 Å². The monoisotopic (exact) mass is 392 g/mol. The van der Waals surface area contributed by atoms with Crippen LogP contribution in [0.5, 0.6) is 5.75 Å². The predicted molar refractivity (Wildman–Crippen MR) is 101 cm³/mol. The van der Waals surface area contributed by atoms with Crippen LogP contribution in [0, 0.1) is 6.92 Å². The van der Waals surface area contributed by atoms with Crippen molar-refractivity contribution < 1.29 is 27.8 Å². The second kappa shape index (κ2) is 9.80. The number of benzene rings is 2. The van der Waals surface area contributed by atoms with E-state index in [1.54, 1.807) is 42.3 Å². The number of nitrogens with zero attached hydrogens (tertiary/aromatic N) is 1. The van der Waals surface area contributed by atoms with Gasteiger partial charge in [-0.1, -0.05) is 18.2 Å². The van der Waals surface area contributed by atoms with Gasteiger partial charge < -0.3 is 14.8 Å². The molecule has 0 spiro atoms. The lowest BCUT2D eigenvalue weighted by atomic mass is 10.1. The first-order valence-electron chi connectivity index (χ1n) is 8.49. The van der Waals surface area contributed by atoms with Gasteiger partial charge in [-0.05, 0) is 49.4 Å². The highest BCUT2D eigenvalue weighted by Gasteiger charge is 2.12. The maximum absolute atomic E-state index is 12.3. The summed E-state index contributed by atoms with van der Waals surface area (Å²) in [4.78, 5) is 25.7. The molecular weight excluding hydrogens is 370 g/mol. The summed E-state index contributed by atoms with van der Waals surface area (Å²) in [6.45, 7) is -0.484. The van der Waals surface area contributed by atoms with Crippen LogP contribution >= 0.6 is 0 Å². The van der Waals surface area contributed by atoms with Gasteiger partial charge >= 0.3 is 12.6 Å². The molecule has 0 unspecified atom stereocenters. The molecule has 2 aromatic carbocycles. The Hall–Kier alpha value is -3.00. The normalized spacial score (nSPS) is 10.8. The molecule has 0 aliphatic rings. The summed E-state index contributed by atoms with van der Waals surface area (Å²) < 4.78 is 33.3. The van der Waals surface area contributed by atoms with Crippen LogP contribution in [0.1, 0.15) is 21.5 Å². The molecule has 150 valence electrons. The smallest absolute Gasteiger partial charge is 0.387 e. The van der Waals surface area contributed by atoms with Crippen LogP contribution in [0.15, 0.2) is 42.5 Å². The number of anilines is 1. The first-order valence-corrected chi connectivity index (χ1v) is 8.49. The highest BCUT2D eigenvalue weighted by atomic mass is 19.3. The summed E-state index contributed by atoms with van der Waals surface area (Å²) in [5.41, 5.74) is 2.55. The van der Waals surface area contributed by atoms with Crippen molar-refractivity contribution in [1.82, 2.24) is 4.90 Å². The fourth-order valence-electron chi connectivity index (χ4n) is 2.58. The second-order valence-corrected chi connectivity index (χ2v) is 6.26. The van der Waals surface area contributed by atoms with Gasteiger partial charge in [0.2, 0.25) is 5.91 Å². The number of esters is 1. The van der Waals surface area contributed by atoms with E-state index < -0.39 is 12.6 Å². The van der Waals surface area contributed by atoms with Gasteiger partial charge in [-0.2, -0.15) is 8.78 Å². The van der Waals surface area contributed by atoms with Crippen molar-refractivity contribution in [3.05, 3.63) is 59.2 Å². The highest BCUT2D eigenvalue weighted by Crippen LogP contribution is 2.18. The Morgan fingerprint density at radius 3 is 2.43 bits per heavy atom. The number of aryl methyl sites for hydroxylation is 1. The van der Waals surface area contributed by atoms with Gasteiger partial charge in [-0.3, -0.25) is 9.69 Å². The summed E-state index contributed by atoms with van der Waals surface area (Å²) in [6, 6.07) is 11.2. The first-order chi connectivity index (χ1) is 13.3. The van der Waals surface area contributed by atoms with E-state index in [2.05, 4.69) is 14.8 Å². The van der Waals surface area contributed by atoms with E-state index in [4.69, 9.17) is 0 Å². The molecule has 2 rings (SSSR count). The number of halogens is 2. The van der Waals surface area contributed by atoms with Crippen LogP contribution in [0.4, 0.5) is 14.5 Å². The van der Waals surface area contributed by atoms with Gasteiger partial charge in [0.1, 0.15) is 5.75 Å². The molecule has 0 bridgehead atoms. The topological polar surface area (TPSA) is 67.9 Å². The van der Waals surface area contributed by atoms with Crippen LogP contribution in [0.25, 0.3) is 0 Å². The van der Waals surface area contributed by atoms with E-state index in [-0.39, 0.29) is 18.2 Å². The van der Waals surface area contributed by atoms with Crippen molar-refractivity contribution >= 4 is 17.6 Å². The quantitative estimate of drug-likeness (QED) is 0.697. The zero-order chi connectivity index (χ0) is 20.7. The van der Waals surface area contributed by atoms with Crippen molar-refractivity contribution in [2.45, 2.75) is 20.1 Å². The lowest BCUT2D eigenvalue weighted by molar-refractivity contribution is -0.117. The Morgan fingerprint density at radius 2 is 1.82 bits per heavy atom. The molecule has 0 radical (unpaired) electrons. The molecule has 6 nitrogen and oxygen atoms in total. The van der Waals surface area contributed by atoms with Gasteiger partial charge in [0.05, 0.1) is 19.2 Å². The molecule has 0 saturated heterocycles. The Kier molecular flexibility index (Phi) is 7.45. The number of nitrogens with one attached hydrogen (secondary N) is 1. The Balaban J connectivity index is 1.93. The summed E-state index contributed by atoms with van der Waals surface area (Å²) in [5, 5.41) is 2.79. The average molecular weight is 392 g/mol. The van der Waals surface area contributed by atoms with E-state index >= 15 is 0 Å². The van der Waals surface area contributed by atoms with Crippen LogP contribution in [0.3, 0.4) is 0 Å². The number of amides is 1. The summed E-state index contributed by atoms with van der Waals surface area (Å²) in [6.07, 6.45) is 0. The first kappa shape index (κ1) is 21.3. The number of methoxy groups -OCH3 is 1. The number of alkyl halides is 2. The van der Waals surface area contributed by atoms with E-state index in [9.17, 15) is 18.4 Å². The lowest BCUT2D eigenvalue weighted by Gasteiger charge is -2.17. The average Bonchev–Trinajstić information content (AvgIpc) is 2.64. The number of ether oxygens (including phenoxy) is 2. The second-order valence-electron chi connectivity index (χ2n) is 6.26. The van der Waals surface area contributed by atoms with E-state index in [1.807, 2.05) is 6.92 Å². The van der Waals surface area contributed by atoms with Gasteiger partial charge in [0.25, 0.3) is 0 Å². The minimum atomic E-state index is -2.86. The third kappa shape index (κ3) is 6.31. The number of hydrogen-bond acceptors (Lipinski definition) is 5. The van der Waals surface area contributed by atoms with Gasteiger partial charge in [0, 0.05) is 12.2 Å². The highest BCUT2D eigenvalue weighted by molar-refractivity contribution is 5.96. The third-order valence-corrected chi connectivity index (χ3v) is 3.95. The molecule has 0 aliphatic heterocycles. The summed E-state index contributed by atoms with van der Waals surface area (Å²) in [7, 11) is 3.06. The molecule has 0 atom stereocenters. The largest absolute Gasteiger partial charge is 0.465 e. The molecule has 0 heterocycles. The van der Waals surface area contributed by atoms with Crippen molar-refractivity contribution in [2.24, 2.45) is 0 Å². The molecule has 8 heteroatoms. The molecule has 0 aliphatic carbocycles. The molecule has 28 heavy (non-hydrogen) atoms. The fraction of sp³-hybridized carbons (Fsp3) is 0.300. The lowest BCUT2D eigenvalue weighted by Crippen LogP contribution is -2.30. The molecule has 0 fully saturated rings. The molecule has 2 aromatic rings. The maximum atomic E-state index is 12.3. The van der Waals surface area contributed by atoms with Crippen molar-refractivity contribution in [1.29, 1.82) is 0 Å².